The highest BCUT2D eigenvalue weighted by Gasteiger charge is 2.20. The highest BCUT2D eigenvalue weighted by Crippen LogP contribution is 2.30. The number of carbonyl (C=O) groups excluding carboxylic acids is 1. The normalized spacial score (nSPS) is 14.7. The second kappa shape index (κ2) is 6.50. The van der Waals surface area contributed by atoms with Gasteiger partial charge in [0.25, 0.3) is 0 Å². The molecule has 0 saturated heterocycles. The Morgan fingerprint density at radius 2 is 2.00 bits per heavy atom. The van der Waals surface area contributed by atoms with E-state index >= 15 is 0 Å². The number of ketones is 1. The van der Waals surface area contributed by atoms with Crippen molar-refractivity contribution in [2.24, 2.45) is 0 Å². The van der Waals surface area contributed by atoms with Gasteiger partial charge < -0.3 is 10.0 Å². The van der Waals surface area contributed by atoms with Crippen LogP contribution in [0.5, 0.6) is 0 Å². The smallest absolute Gasteiger partial charge is 0.159 e. The van der Waals surface area contributed by atoms with E-state index in [9.17, 15) is 14.3 Å². The van der Waals surface area contributed by atoms with Crippen molar-refractivity contribution in [1.82, 2.24) is 0 Å². The van der Waals surface area contributed by atoms with E-state index in [0.717, 1.165) is 36.3 Å². The molecule has 1 atom stereocenters. The molecule has 4 heteroatoms. The standard InChI is InChI=1S/C19H20FNO2/c1-13(22)15-4-7-18-16(12-15)8-10-21(18)11-9-19(23)14-2-5-17(20)6-3-14/h2-7,12,19,23H,8-11H2,1H3. The average Bonchev–Trinajstić information content (AvgIpc) is 2.95. The van der Waals surface area contributed by atoms with E-state index in [1.807, 2.05) is 18.2 Å². The molecule has 1 heterocycles. The molecule has 0 radical (unpaired) electrons. The number of anilines is 1. The molecule has 0 fully saturated rings. The lowest BCUT2D eigenvalue weighted by atomic mass is 10.1. The third-order valence-electron chi connectivity index (χ3n) is 4.41. The van der Waals surface area contributed by atoms with Crippen LogP contribution in [0.2, 0.25) is 0 Å². The summed E-state index contributed by atoms with van der Waals surface area (Å²) in [4.78, 5) is 13.7. The van der Waals surface area contributed by atoms with Gasteiger partial charge in [-0.05, 0) is 61.2 Å². The number of Topliss-reactive ketones (excluding diaryl/α,β-unsaturated/α-hetero) is 1. The van der Waals surface area contributed by atoms with Crippen molar-refractivity contribution in [2.75, 3.05) is 18.0 Å². The van der Waals surface area contributed by atoms with Gasteiger partial charge in [0.15, 0.2) is 5.78 Å². The predicted octanol–water partition coefficient (Wildman–Crippen LogP) is 3.51. The molecular formula is C19H20FNO2. The summed E-state index contributed by atoms with van der Waals surface area (Å²) in [6.45, 7) is 3.20. The molecule has 3 nitrogen and oxygen atoms in total. The summed E-state index contributed by atoms with van der Waals surface area (Å²) in [6.07, 6.45) is 0.902. The SMILES string of the molecule is CC(=O)c1ccc2c(c1)CCN2CCC(O)c1ccc(F)cc1. The number of rotatable bonds is 5. The zero-order valence-corrected chi connectivity index (χ0v) is 13.1. The van der Waals surface area contributed by atoms with Crippen LogP contribution in [0.15, 0.2) is 42.5 Å². The number of hydrogen-bond donors (Lipinski definition) is 1. The summed E-state index contributed by atoms with van der Waals surface area (Å²) >= 11 is 0. The molecular weight excluding hydrogens is 293 g/mol. The van der Waals surface area contributed by atoms with Crippen LogP contribution < -0.4 is 4.90 Å². The van der Waals surface area contributed by atoms with E-state index in [1.165, 1.54) is 17.7 Å². The van der Waals surface area contributed by atoms with Crippen molar-refractivity contribution < 1.29 is 14.3 Å². The molecule has 1 unspecified atom stereocenters. The Hall–Kier alpha value is -2.20. The zero-order valence-electron chi connectivity index (χ0n) is 13.1. The first-order valence-corrected chi connectivity index (χ1v) is 7.87. The molecule has 0 aromatic heterocycles. The van der Waals surface area contributed by atoms with Crippen LogP contribution in [-0.2, 0) is 6.42 Å². The first-order valence-electron chi connectivity index (χ1n) is 7.87. The summed E-state index contributed by atoms with van der Waals surface area (Å²) in [5, 5.41) is 10.2. The summed E-state index contributed by atoms with van der Waals surface area (Å²) in [6, 6.07) is 11.8. The van der Waals surface area contributed by atoms with Gasteiger partial charge in [0.05, 0.1) is 6.10 Å². The lowest BCUT2D eigenvalue weighted by molar-refractivity contribution is 0.101. The van der Waals surface area contributed by atoms with Gasteiger partial charge in [0, 0.05) is 24.3 Å². The van der Waals surface area contributed by atoms with Crippen LogP contribution >= 0.6 is 0 Å². The van der Waals surface area contributed by atoms with Gasteiger partial charge in [0.1, 0.15) is 5.82 Å². The van der Waals surface area contributed by atoms with Crippen LogP contribution in [-0.4, -0.2) is 24.0 Å². The fourth-order valence-corrected chi connectivity index (χ4v) is 3.05. The van der Waals surface area contributed by atoms with Crippen molar-refractivity contribution in [3.8, 4) is 0 Å². The number of aliphatic hydroxyl groups excluding tert-OH is 1. The third-order valence-corrected chi connectivity index (χ3v) is 4.41. The molecule has 120 valence electrons. The third kappa shape index (κ3) is 3.42. The molecule has 0 bridgehead atoms. The van der Waals surface area contributed by atoms with E-state index in [2.05, 4.69) is 4.90 Å². The maximum Gasteiger partial charge on any atom is 0.159 e. The van der Waals surface area contributed by atoms with Crippen molar-refractivity contribution >= 4 is 11.5 Å². The van der Waals surface area contributed by atoms with Gasteiger partial charge in [-0.2, -0.15) is 0 Å². The highest BCUT2D eigenvalue weighted by molar-refractivity contribution is 5.94. The number of benzene rings is 2. The Kier molecular flexibility index (Phi) is 4.44. The Morgan fingerprint density at radius 1 is 1.26 bits per heavy atom. The average molecular weight is 313 g/mol. The Bertz CT molecular complexity index is 712. The Balaban J connectivity index is 1.64. The van der Waals surface area contributed by atoms with Crippen LogP contribution in [0.25, 0.3) is 0 Å². The van der Waals surface area contributed by atoms with E-state index in [4.69, 9.17) is 0 Å². The van der Waals surface area contributed by atoms with Crippen LogP contribution in [0.3, 0.4) is 0 Å². The summed E-state index contributed by atoms with van der Waals surface area (Å²) in [5.41, 5.74) is 3.81. The number of aliphatic hydroxyl groups is 1. The van der Waals surface area contributed by atoms with E-state index < -0.39 is 6.10 Å². The minimum Gasteiger partial charge on any atom is -0.388 e. The molecule has 1 aliphatic heterocycles. The summed E-state index contributed by atoms with van der Waals surface area (Å²) < 4.78 is 12.9. The molecule has 0 aliphatic carbocycles. The van der Waals surface area contributed by atoms with Crippen LogP contribution in [0.4, 0.5) is 10.1 Å². The lowest BCUT2D eigenvalue weighted by Crippen LogP contribution is -2.23. The fourth-order valence-electron chi connectivity index (χ4n) is 3.05. The van der Waals surface area contributed by atoms with Gasteiger partial charge in [-0.3, -0.25) is 4.79 Å². The van der Waals surface area contributed by atoms with Gasteiger partial charge >= 0.3 is 0 Å². The van der Waals surface area contributed by atoms with E-state index in [1.54, 1.807) is 19.1 Å². The molecule has 0 spiro atoms. The number of fused-ring (bicyclic) bond motifs is 1. The Morgan fingerprint density at radius 3 is 2.70 bits per heavy atom. The number of hydrogen-bond acceptors (Lipinski definition) is 3. The van der Waals surface area contributed by atoms with Crippen LogP contribution in [0, 0.1) is 5.82 Å². The quantitative estimate of drug-likeness (QED) is 0.859. The van der Waals surface area contributed by atoms with Gasteiger partial charge in [0.2, 0.25) is 0 Å². The molecule has 0 saturated carbocycles. The molecule has 1 aliphatic rings. The minimum absolute atomic E-state index is 0.0815. The summed E-state index contributed by atoms with van der Waals surface area (Å²) in [7, 11) is 0. The second-order valence-electron chi connectivity index (χ2n) is 5.99. The molecule has 0 amide bonds. The first-order chi connectivity index (χ1) is 11.0. The van der Waals surface area contributed by atoms with E-state index in [0.29, 0.717) is 6.42 Å². The number of halogens is 1. The number of carbonyl (C=O) groups is 1. The van der Waals surface area contributed by atoms with Crippen molar-refractivity contribution in [3.05, 3.63) is 65.0 Å². The van der Waals surface area contributed by atoms with Crippen LogP contribution in [0.1, 0.15) is 40.9 Å². The van der Waals surface area contributed by atoms with Gasteiger partial charge in [-0.25, -0.2) is 4.39 Å². The predicted molar refractivity (Wildman–Crippen MR) is 88.3 cm³/mol. The van der Waals surface area contributed by atoms with Crippen molar-refractivity contribution in [2.45, 2.75) is 25.9 Å². The van der Waals surface area contributed by atoms with Crippen molar-refractivity contribution in [3.63, 3.8) is 0 Å². The monoisotopic (exact) mass is 313 g/mol. The molecule has 3 rings (SSSR count). The van der Waals surface area contributed by atoms with Gasteiger partial charge in [-0.15, -0.1) is 0 Å². The second-order valence-corrected chi connectivity index (χ2v) is 5.99. The molecule has 23 heavy (non-hydrogen) atoms. The maximum atomic E-state index is 12.9. The largest absolute Gasteiger partial charge is 0.388 e. The lowest BCUT2D eigenvalue weighted by Gasteiger charge is -2.21. The Labute approximate surface area is 135 Å². The fraction of sp³-hybridized carbons (Fsp3) is 0.316. The first kappa shape index (κ1) is 15.7. The topological polar surface area (TPSA) is 40.5 Å². The molecule has 1 N–H and O–H groups in total. The van der Waals surface area contributed by atoms with Gasteiger partial charge in [-0.1, -0.05) is 12.1 Å². The molecule has 2 aromatic rings. The summed E-state index contributed by atoms with van der Waals surface area (Å²) in [5.74, 6) is -0.214. The molecule has 2 aromatic carbocycles. The minimum atomic E-state index is -0.601. The maximum absolute atomic E-state index is 12.9. The van der Waals surface area contributed by atoms with E-state index in [-0.39, 0.29) is 11.6 Å². The number of nitrogens with zero attached hydrogens (tertiary/aromatic N) is 1. The zero-order chi connectivity index (χ0) is 16.4. The van der Waals surface area contributed by atoms with Crippen molar-refractivity contribution in [1.29, 1.82) is 0 Å². The highest BCUT2D eigenvalue weighted by atomic mass is 19.1.